The van der Waals surface area contributed by atoms with Gasteiger partial charge >= 0.3 is 0 Å². The molecule has 0 unspecified atom stereocenters. The molecule has 0 aliphatic rings. The molecule has 0 spiro atoms. The van der Waals surface area contributed by atoms with E-state index in [0.29, 0.717) is 10.8 Å². The third-order valence-electron chi connectivity index (χ3n) is 1.71. The van der Waals surface area contributed by atoms with E-state index in [-0.39, 0.29) is 12.4 Å². The van der Waals surface area contributed by atoms with Crippen LogP contribution in [0.4, 0.5) is 0 Å². The van der Waals surface area contributed by atoms with Gasteiger partial charge in [-0.3, -0.25) is 0 Å². The Labute approximate surface area is 94.0 Å². The molecule has 4 nitrogen and oxygen atoms in total. The van der Waals surface area contributed by atoms with Crippen molar-refractivity contribution in [1.29, 1.82) is 0 Å². The van der Waals surface area contributed by atoms with Crippen molar-refractivity contribution < 1.29 is 13.2 Å². The van der Waals surface area contributed by atoms with Crippen molar-refractivity contribution in [2.45, 2.75) is 6.92 Å². The molecule has 0 fully saturated rings. The Bertz CT molecular complexity index is 445. The molecule has 6 heteroatoms. The van der Waals surface area contributed by atoms with Gasteiger partial charge in [-0.15, -0.1) is 0 Å². The van der Waals surface area contributed by atoms with Crippen molar-refractivity contribution in [2.75, 3.05) is 12.4 Å². The van der Waals surface area contributed by atoms with E-state index in [2.05, 4.69) is 0 Å². The molecule has 0 radical (unpaired) electrons. The Morgan fingerprint density at radius 2 is 2.13 bits per heavy atom. The van der Waals surface area contributed by atoms with Gasteiger partial charge in [0.15, 0.2) is 0 Å². The van der Waals surface area contributed by atoms with Gasteiger partial charge in [-0.05, 0) is 24.6 Å². The number of aryl methyl sites for hydroxylation is 1. The van der Waals surface area contributed by atoms with Gasteiger partial charge in [0, 0.05) is 0 Å². The quantitative estimate of drug-likeness (QED) is 0.875. The Balaban J connectivity index is 2.61. The fraction of sp³-hybridized carbons (Fsp3) is 0.333. The molecule has 1 aromatic carbocycles. The highest BCUT2D eigenvalue weighted by molar-refractivity contribution is 7.89. The molecule has 0 saturated heterocycles. The van der Waals surface area contributed by atoms with Crippen molar-refractivity contribution in [3.63, 3.8) is 0 Å². The minimum atomic E-state index is -3.49. The molecular formula is C9H12ClNO3S. The Kier molecular flexibility index (Phi) is 3.96. The SMILES string of the molecule is Cc1ccc(Cl)c(OCCS(N)(=O)=O)c1. The lowest BCUT2D eigenvalue weighted by molar-refractivity contribution is 0.341. The number of sulfonamides is 1. The summed E-state index contributed by atoms with van der Waals surface area (Å²) in [5.74, 6) is 0.248. The zero-order chi connectivity index (χ0) is 11.5. The largest absolute Gasteiger partial charge is 0.491 e. The van der Waals surface area contributed by atoms with E-state index in [4.69, 9.17) is 21.5 Å². The number of benzene rings is 1. The lowest BCUT2D eigenvalue weighted by atomic mass is 10.2. The number of halogens is 1. The first-order chi connectivity index (χ1) is 6.88. The van der Waals surface area contributed by atoms with Crippen LogP contribution in [0, 0.1) is 6.92 Å². The van der Waals surface area contributed by atoms with Crippen LogP contribution in [0.2, 0.25) is 5.02 Å². The van der Waals surface area contributed by atoms with Crippen LogP contribution in [0.5, 0.6) is 5.75 Å². The maximum absolute atomic E-state index is 10.6. The Hall–Kier alpha value is -0.780. The number of rotatable bonds is 4. The topological polar surface area (TPSA) is 69.4 Å². The van der Waals surface area contributed by atoms with Crippen LogP contribution >= 0.6 is 11.6 Å². The lowest BCUT2D eigenvalue weighted by Gasteiger charge is -2.07. The van der Waals surface area contributed by atoms with E-state index < -0.39 is 10.0 Å². The number of ether oxygens (including phenoxy) is 1. The van der Waals surface area contributed by atoms with Crippen molar-refractivity contribution in [3.05, 3.63) is 28.8 Å². The molecule has 0 bridgehead atoms. The monoisotopic (exact) mass is 249 g/mol. The van der Waals surface area contributed by atoms with E-state index in [1.54, 1.807) is 12.1 Å². The number of nitrogens with two attached hydrogens (primary N) is 1. The summed E-state index contributed by atoms with van der Waals surface area (Å²) < 4.78 is 26.5. The highest BCUT2D eigenvalue weighted by Crippen LogP contribution is 2.24. The van der Waals surface area contributed by atoms with Crippen molar-refractivity contribution in [2.24, 2.45) is 5.14 Å². The van der Waals surface area contributed by atoms with Crippen LogP contribution in [0.3, 0.4) is 0 Å². The van der Waals surface area contributed by atoms with Crippen LogP contribution in [-0.2, 0) is 10.0 Å². The fourth-order valence-electron chi connectivity index (χ4n) is 0.989. The molecule has 1 rings (SSSR count). The summed E-state index contributed by atoms with van der Waals surface area (Å²) in [5.41, 5.74) is 0.991. The summed E-state index contributed by atoms with van der Waals surface area (Å²) in [6, 6.07) is 5.28. The van der Waals surface area contributed by atoms with E-state index >= 15 is 0 Å². The highest BCUT2D eigenvalue weighted by atomic mass is 35.5. The molecular weight excluding hydrogens is 238 g/mol. The zero-order valence-corrected chi connectivity index (χ0v) is 9.81. The number of hydrogen-bond acceptors (Lipinski definition) is 3. The van der Waals surface area contributed by atoms with Crippen LogP contribution in [-0.4, -0.2) is 20.8 Å². The molecule has 15 heavy (non-hydrogen) atoms. The fourth-order valence-corrected chi connectivity index (χ4v) is 1.48. The minimum Gasteiger partial charge on any atom is -0.491 e. The molecule has 0 heterocycles. The van der Waals surface area contributed by atoms with Gasteiger partial charge in [-0.25, -0.2) is 13.6 Å². The predicted molar refractivity (Wildman–Crippen MR) is 59.7 cm³/mol. The lowest BCUT2D eigenvalue weighted by Crippen LogP contribution is -2.21. The summed E-state index contributed by atoms with van der Waals surface area (Å²) in [6.07, 6.45) is 0. The van der Waals surface area contributed by atoms with Crippen LogP contribution in [0.25, 0.3) is 0 Å². The number of hydrogen-bond donors (Lipinski definition) is 1. The van der Waals surface area contributed by atoms with Gasteiger partial charge in [0.1, 0.15) is 12.4 Å². The second kappa shape index (κ2) is 4.83. The van der Waals surface area contributed by atoms with Gasteiger partial charge in [-0.2, -0.15) is 0 Å². The first-order valence-electron chi connectivity index (χ1n) is 4.28. The third kappa shape index (κ3) is 4.51. The Morgan fingerprint density at radius 1 is 1.47 bits per heavy atom. The maximum Gasteiger partial charge on any atom is 0.212 e. The normalized spacial score (nSPS) is 11.4. The summed E-state index contributed by atoms with van der Waals surface area (Å²) in [5, 5.41) is 5.28. The molecule has 1 aromatic rings. The van der Waals surface area contributed by atoms with E-state index in [1.807, 2.05) is 13.0 Å². The Morgan fingerprint density at radius 3 is 2.73 bits per heavy atom. The van der Waals surface area contributed by atoms with Gasteiger partial charge < -0.3 is 4.74 Å². The molecule has 0 aromatic heterocycles. The average molecular weight is 250 g/mol. The summed E-state index contributed by atoms with van der Waals surface area (Å²) >= 11 is 5.84. The first-order valence-corrected chi connectivity index (χ1v) is 6.37. The zero-order valence-electron chi connectivity index (χ0n) is 8.23. The summed E-state index contributed by atoms with van der Waals surface area (Å²) in [7, 11) is -3.49. The smallest absolute Gasteiger partial charge is 0.212 e. The van der Waals surface area contributed by atoms with E-state index in [1.165, 1.54) is 0 Å². The molecule has 0 atom stereocenters. The van der Waals surface area contributed by atoms with Gasteiger partial charge in [0.25, 0.3) is 0 Å². The second-order valence-electron chi connectivity index (χ2n) is 3.15. The molecule has 0 amide bonds. The van der Waals surface area contributed by atoms with Crippen LogP contribution in [0.1, 0.15) is 5.56 Å². The molecule has 84 valence electrons. The average Bonchev–Trinajstić information content (AvgIpc) is 2.09. The van der Waals surface area contributed by atoms with E-state index in [0.717, 1.165) is 5.56 Å². The summed E-state index contributed by atoms with van der Waals surface area (Å²) in [6.45, 7) is 1.89. The maximum atomic E-state index is 10.6. The van der Waals surface area contributed by atoms with Gasteiger partial charge in [-0.1, -0.05) is 17.7 Å². The minimum absolute atomic E-state index is 0.00199. The molecule has 0 aliphatic carbocycles. The third-order valence-corrected chi connectivity index (χ3v) is 2.76. The van der Waals surface area contributed by atoms with Gasteiger partial charge in [0.2, 0.25) is 10.0 Å². The van der Waals surface area contributed by atoms with Gasteiger partial charge in [0.05, 0.1) is 10.8 Å². The predicted octanol–water partition coefficient (Wildman–Crippen LogP) is 1.32. The van der Waals surface area contributed by atoms with E-state index in [9.17, 15) is 8.42 Å². The van der Waals surface area contributed by atoms with Crippen molar-refractivity contribution in [1.82, 2.24) is 0 Å². The summed E-state index contributed by atoms with van der Waals surface area (Å²) in [4.78, 5) is 0. The molecule has 0 saturated carbocycles. The molecule has 0 aliphatic heterocycles. The molecule has 2 N–H and O–H groups in total. The second-order valence-corrected chi connectivity index (χ2v) is 5.29. The van der Waals surface area contributed by atoms with Crippen LogP contribution in [0.15, 0.2) is 18.2 Å². The van der Waals surface area contributed by atoms with Crippen molar-refractivity contribution >= 4 is 21.6 Å². The highest BCUT2D eigenvalue weighted by Gasteiger charge is 2.05. The van der Waals surface area contributed by atoms with Crippen LogP contribution < -0.4 is 9.88 Å². The number of primary sulfonamides is 1. The first kappa shape index (κ1) is 12.3. The standard InChI is InChI=1S/C9H12ClNO3S/c1-7-2-3-8(10)9(6-7)14-4-5-15(11,12)13/h2-3,6H,4-5H2,1H3,(H2,11,12,13). The van der Waals surface area contributed by atoms with Crippen molar-refractivity contribution in [3.8, 4) is 5.75 Å².